The number of halogens is 4. The van der Waals surface area contributed by atoms with Gasteiger partial charge in [-0.2, -0.15) is 10.2 Å². The van der Waals surface area contributed by atoms with Gasteiger partial charge in [-0.05, 0) is 30.3 Å². The summed E-state index contributed by atoms with van der Waals surface area (Å²) < 4.78 is 0. The summed E-state index contributed by atoms with van der Waals surface area (Å²) in [6.07, 6.45) is 1.37. The summed E-state index contributed by atoms with van der Waals surface area (Å²) in [5.41, 5.74) is 4.39. The lowest BCUT2D eigenvalue weighted by molar-refractivity contribution is 0.0950. The van der Waals surface area contributed by atoms with E-state index in [9.17, 15) is 4.79 Å². The van der Waals surface area contributed by atoms with Gasteiger partial charge in [0, 0.05) is 11.1 Å². The zero-order chi connectivity index (χ0) is 18.7. The lowest BCUT2D eigenvalue weighted by Crippen LogP contribution is -2.18. The fourth-order valence-corrected chi connectivity index (χ4v) is 2.88. The van der Waals surface area contributed by atoms with Crippen LogP contribution in [0.4, 0.5) is 0 Å². The molecule has 2 aromatic carbocycles. The predicted octanol–water partition coefficient (Wildman–Crippen LogP) is 5.45. The Labute approximate surface area is 168 Å². The molecule has 0 aliphatic carbocycles. The van der Waals surface area contributed by atoms with Crippen molar-refractivity contribution in [2.45, 2.75) is 0 Å². The van der Waals surface area contributed by atoms with E-state index in [1.165, 1.54) is 6.21 Å². The molecule has 0 radical (unpaired) electrons. The van der Waals surface area contributed by atoms with Gasteiger partial charge in [0.1, 0.15) is 5.69 Å². The molecule has 0 atom stereocenters. The van der Waals surface area contributed by atoms with Crippen molar-refractivity contribution in [2.75, 3.05) is 0 Å². The standard InChI is InChI=1S/C17H10Cl4N4O/c18-11-2-1-3-12(19)10(11)8-22-25-17(26)16-7-15(23-24-16)9-4-5-13(20)14(21)6-9/h1-8H,(H,23,24)(H,25,26). The van der Waals surface area contributed by atoms with E-state index in [4.69, 9.17) is 46.4 Å². The first-order valence-electron chi connectivity index (χ1n) is 7.24. The molecule has 0 saturated carbocycles. The third-order valence-corrected chi connectivity index (χ3v) is 4.80. The van der Waals surface area contributed by atoms with Crippen molar-refractivity contribution in [3.8, 4) is 11.3 Å². The van der Waals surface area contributed by atoms with Crippen LogP contribution in [0.25, 0.3) is 11.3 Å². The van der Waals surface area contributed by atoms with Gasteiger partial charge in [-0.25, -0.2) is 5.43 Å². The van der Waals surface area contributed by atoms with Gasteiger partial charge in [-0.3, -0.25) is 9.89 Å². The fourth-order valence-electron chi connectivity index (χ4n) is 2.09. The molecule has 0 spiro atoms. The van der Waals surface area contributed by atoms with Crippen LogP contribution in [0.2, 0.25) is 20.1 Å². The van der Waals surface area contributed by atoms with Gasteiger partial charge in [-0.1, -0.05) is 58.5 Å². The van der Waals surface area contributed by atoms with Gasteiger partial charge in [0.15, 0.2) is 0 Å². The van der Waals surface area contributed by atoms with Crippen molar-refractivity contribution in [1.29, 1.82) is 0 Å². The molecule has 0 saturated heterocycles. The summed E-state index contributed by atoms with van der Waals surface area (Å²) in [5, 5.41) is 12.3. The second kappa shape index (κ2) is 8.10. The fraction of sp³-hybridized carbons (Fsp3) is 0. The van der Waals surface area contributed by atoms with E-state index >= 15 is 0 Å². The first-order valence-corrected chi connectivity index (χ1v) is 8.75. The number of aromatic nitrogens is 2. The van der Waals surface area contributed by atoms with Gasteiger partial charge in [0.2, 0.25) is 0 Å². The molecular weight excluding hydrogens is 418 g/mol. The molecule has 0 bridgehead atoms. The number of hydrogen-bond donors (Lipinski definition) is 2. The van der Waals surface area contributed by atoms with Crippen LogP contribution in [-0.4, -0.2) is 22.3 Å². The predicted molar refractivity (Wildman–Crippen MR) is 106 cm³/mol. The van der Waals surface area contributed by atoms with Crippen LogP contribution in [0.15, 0.2) is 47.6 Å². The largest absolute Gasteiger partial charge is 0.289 e. The van der Waals surface area contributed by atoms with Gasteiger partial charge in [0.05, 0.1) is 32.0 Å². The second-order valence-electron chi connectivity index (χ2n) is 5.13. The highest BCUT2D eigenvalue weighted by molar-refractivity contribution is 6.42. The van der Waals surface area contributed by atoms with Crippen molar-refractivity contribution in [3.63, 3.8) is 0 Å². The summed E-state index contributed by atoms with van der Waals surface area (Å²) in [4.78, 5) is 12.2. The minimum atomic E-state index is -0.469. The monoisotopic (exact) mass is 426 g/mol. The smallest absolute Gasteiger partial charge is 0.272 e. The van der Waals surface area contributed by atoms with E-state index in [2.05, 4.69) is 20.7 Å². The number of rotatable bonds is 4. The summed E-state index contributed by atoms with van der Waals surface area (Å²) in [6, 6.07) is 11.7. The number of benzene rings is 2. The van der Waals surface area contributed by atoms with Crippen molar-refractivity contribution in [1.82, 2.24) is 15.6 Å². The van der Waals surface area contributed by atoms with Gasteiger partial charge >= 0.3 is 0 Å². The van der Waals surface area contributed by atoms with Crippen LogP contribution in [-0.2, 0) is 0 Å². The molecule has 26 heavy (non-hydrogen) atoms. The zero-order valence-corrected chi connectivity index (χ0v) is 16.0. The molecule has 1 amide bonds. The van der Waals surface area contributed by atoms with Crippen molar-refractivity contribution >= 4 is 58.5 Å². The van der Waals surface area contributed by atoms with Crippen LogP contribution < -0.4 is 5.43 Å². The Hall–Kier alpha value is -2.05. The van der Waals surface area contributed by atoms with E-state index in [0.29, 0.717) is 31.3 Å². The van der Waals surface area contributed by atoms with Crippen LogP contribution in [0.3, 0.4) is 0 Å². The molecule has 1 aromatic heterocycles. The van der Waals surface area contributed by atoms with E-state index in [1.54, 1.807) is 42.5 Å². The molecule has 2 N–H and O–H groups in total. The number of carbonyl (C=O) groups excluding carboxylic acids is 1. The molecule has 0 aliphatic heterocycles. The van der Waals surface area contributed by atoms with Crippen LogP contribution in [0.1, 0.15) is 16.1 Å². The Morgan fingerprint density at radius 2 is 1.73 bits per heavy atom. The van der Waals surface area contributed by atoms with E-state index in [1.807, 2.05) is 0 Å². The average Bonchev–Trinajstić information content (AvgIpc) is 3.10. The molecule has 3 aromatic rings. The van der Waals surface area contributed by atoms with Gasteiger partial charge in [0.25, 0.3) is 5.91 Å². The van der Waals surface area contributed by atoms with Crippen molar-refractivity contribution < 1.29 is 4.79 Å². The Morgan fingerprint density at radius 3 is 2.42 bits per heavy atom. The van der Waals surface area contributed by atoms with Crippen LogP contribution >= 0.6 is 46.4 Å². The molecule has 0 aliphatic rings. The Balaban J connectivity index is 1.72. The normalized spacial score (nSPS) is 11.1. The molecule has 132 valence electrons. The minimum absolute atomic E-state index is 0.230. The van der Waals surface area contributed by atoms with E-state index in [-0.39, 0.29) is 5.69 Å². The van der Waals surface area contributed by atoms with Crippen LogP contribution in [0, 0.1) is 0 Å². The maximum absolute atomic E-state index is 12.2. The third kappa shape index (κ3) is 4.19. The second-order valence-corrected chi connectivity index (χ2v) is 6.76. The maximum Gasteiger partial charge on any atom is 0.289 e. The highest BCUT2D eigenvalue weighted by atomic mass is 35.5. The quantitative estimate of drug-likeness (QED) is 0.429. The Bertz CT molecular complexity index is 980. The van der Waals surface area contributed by atoms with Crippen molar-refractivity contribution in [3.05, 3.63) is 73.8 Å². The summed E-state index contributed by atoms with van der Waals surface area (Å²) in [5.74, 6) is -0.469. The van der Waals surface area contributed by atoms with E-state index in [0.717, 1.165) is 5.56 Å². The SMILES string of the molecule is O=C(NN=Cc1c(Cl)cccc1Cl)c1cc(-c2ccc(Cl)c(Cl)c2)n[nH]1. The van der Waals surface area contributed by atoms with Crippen LogP contribution in [0.5, 0.6) is 0 Å². The molecule has 3 rings (SSSR count). The van der Waals surface area contributed by atoms with Gasteiger partial charge in [-0.15, -0.1) is 0 Å². The molecule has 1 heterocycles. The molecule has 0 unspecified atom stereocenters. The molecular formula is C17H10Cl4N4O. The minimum Gasteiger partial charge on any atom is -0.272 e. The Kier molecular flexibility index (Phi) is 5.84. The highest BCUT2D eigenvalue weighted by Gasteiger charge is 2.11. The number of nitrogens with one attached hydrogen (secondary N) is 2. The van der Waals surface area contributed by atoms with E-state index < -0.39 is 5.91 Å². The topological polar surface area (TPSA) is 70.1 Å². The maximum atomic E-state index is 12.2. The lowest BCUT2D eigenvalue weighted by Gasteiger charge is -2.00. The van der Waals surface area contributed by atoms with Gasteiger partial charge < -0.3 is 0 Å². The number of carbonyl (C=O) groups is 1. The molecule has 0 fully saturated rings. The third-order valence-electron chi connectivity index (χ3n) is 3.40. The summed E-state index contributed by atoms with van der Waals surface area (Å²) in [6.45, 7) is 0. The molecule has 9 heteroatoms. The zero-order valence-electron chi connectivity index (χ0n) is 12.9. The first kappa shape index (κ1) is 18.7. The number of H-pyrrole nitrogens is 1. The summed E-state index contributed by atoms with van der Waals surface area (Å²) in [7, 11) is 0. The Morgan fingerprint density at radius 1 is 1.00 bits per heavy atom. The number of amides is 1. The first-order chi connectivity index (χ1) is 12.5. The lowest BCUT2D eigenvalue weighted by atomic mass is 10.1. The van der Waals surface area contributed by atoms with Crippen molar-refractivity contribution in [2.24, 2.45) is 5.10 Å². The summed E-state index contributed by atoms with van der Waals surface area (Å²) >= 11 is 24.0. The average molecular weight is 428 g/mol. The number of aromatic amines is 1. The number of hydrazone groups is 1. The number of hydrogen-bond acceptors (Lipinski definition) is 3. The highest BCUT2D eigenvalue weighted by Crippen LogP contribution is 2.27. The number of nitrogens with zero attached hydrogens (tertiary/aromatic N) is 2. The molecule has 5 nitrogen and oxygen atoms in total.